The smallest absolute Gasteiger partial charge is 0.221 e. The molecule has 1 aromatic rings. The van der Waals surface area contributed by atoms with Crippen LogP contribution in [0.5, 0.6) is 5.88 Å². The number of nitrogens with zero attached hydrogens (tertiary/aromatic N) is 2. The lowest BCUT2D eigenvalue weighted by atomic mass is 10.2. The van der Waals surface area contributed by atoms with Gasteiger partial charge < -0.3 is 10.5 Å². The van der Waals surface area contributed by atoms with Crippen LogP contribution in [-0.2, 0) is 6.42 Å². The zero-order valence-corrected chi connectivity index (χ0v) is 5.37. The van der Waals surface area contributed by atoms with Crippen LogP contribution in [0.1, 0.15) is 5.56 Å². The van der Waals surface area contributed by atoms with Crippen LogP contribution >= 0.6 is 0 Å². The normalized spacial score (nSPS) is 14.4. The number of rotatable bonds is 0. The summed E-state index contributed by atoms with van der Waals surface area (Å²) in [6.45, 7) is 0.679. The van der Waals surface area contributed by atoms with Crippen molar-refractivity contribution in [1.82, 2.24) is 9.97 Å². The monoisotopic (exact) mass is 137 g/mol. The second-order valence-corrected chi connectivity index (χ2v) is 2.14. The fourth-order valence-corrected chi connectivity index (χ4v) is 1.02. The highest BCUT2D eigenvalue weighted by Crippen LogP contribution is 2.24. The molecular formula is C6H7N3O. The van der Waals surface area contributed by atoms with Gasteiger partial charge in [-0.1, -0.05) is 0 Å². The van der Waals surface area contributed by atoms with Crippen molar-refractivity contribution in [2.45, 2.75) is 6.42 Å². The molecule has 52 valence electrons. The lowest BCUT2D eigenvalue weighted by Crippen LogP contribution is -1.95. The predicted molar refractivity (Wildman–Crippen MR) is 35.6 cm³/mol. The molecule has 0 aromatic carbocycles. The van der Waals surface area contributed by atoms with Gasteiger partial charge in [-0.3, -0.25) is 0 Å². The van der Waals surface area contributed by atoms with E-state index in [1.165, 1.54) is 6.33 Å². The van der Waals surface area contributed by atoms with E-state index in [0.29, 0.717) is 18.3 Å². The van der Waals surface area contributed by atoms with Crippen molar-refractivity contribution in [3.8, 4) is 5.88 Å². The summed E-state index contributed by atoms with van der Waals surface area (Å²) in [7, 11) is 0. The van der Waals surface area contributed by atoms with Crippen LogP contribution in [0.25, 0.3) is 0 Å². The Morgan fingerprint density at radius 3 is 3.20 bits per heavy atom. The van der Waals surface area contributed by atoms with E-state index in [1.54, 1.807) is 0 Å². The molecule has 0 saturated carbocycles. The Hall–Kier alpha value is -1.32. The lowest BCUT2D eigenvalue weighted by Gasteiger charge is -1.96. The average Bonchev–Trinajstić information content (AvgIpc) is 2.36. The molecule has 2 rings (SSSR count). The number of nitrogens with two attached hydrogens (primary N) is 1. The molecule has 1 aromatic heterocycles. The number of nitrogen functional groups attached to an aromatic ring is 1. The van der Waals surface area contributed by atoms with E-state index < -0.39 is 0 Å². The van der Waals surface area contributed by atoms with Gasteiger partial charge in [-0.25, -0.2) is 9.97 Å². The maximum atomic E-state index is 5.54. The van der Waals surface area contributed by atoms with Crippen LogP contribution in [-0.4, -0.2) is 16.6 Å². The second-order valence-electron chi connectivity index (χ2n) is 2.14. The summed E-state index contributed by atoms with van der Waals surface area (Å²) in [6.07, 6.45) is 2.25. The van der Waals surface area contributed by atoms with Crippen LogP contribution in [0.4, 0.5) is 5.82 Å². The maximum Gasteiger partial charge on any atom is 0.221 e. The molecule has 0 bridgehead atoms. The largest absolute Gasteiger partial charge is 0.477 e. The van der Waals surface area contributed by atoms with E-state index in [9.17, 15) is 0 Å². The van der Waals surface area contributed by atoms with Crippen molar-refractivity contribution < 1.29 is 4.74 Å². The van der Waals surface area contributed by atoms with E-state index in [4.69, 9.17) is 10.5 Å². The highest BCUT2D eigenvalue weighted by Gasteiger charge is 2.15. The fraction of sp³-hybridized carbons (Fsp3) is 0.333. The van der Waals surface area contributed by atoms with Gasteiger partial charge in [0.1, 0.15) is 12.1 Å². The van der Waals surface area contributed by atoms with Gasteiger partial charge >= 0.3 is 0 Å². The van der Waals surface area contributed by atoms with Gasteiger partial charge in [0.15, 0.2) is 0 Å². The van der Waals surface area contributed by atoms with Crippen LogP contribution in [0.15, 0.2) is 6.33 Å². The standard InChI is InChI=1S/C6H7N3O/c7-5-4-1-2-10-6(4)9-3-8-5/h3H,1-2H2,(H2,7,8,9). The molecule has 0 radical (unpaired) electrons. The lowest BCUT2D eigenvalue weighted by molar-refractivity contribution is 0.344. The van der Waals surface area contributed by atoms with Gasteiger partial charge in [-0.2, -0.15) is 0 Å². The molecule has 1 aliphatic heterocycles. The third-order valence-corrected chi connectivity index (χ3v) is 1.53. The molecule has 2 heterocycles. The summed E-state index contributed by atoms with van der Waals surface area (Å²) in [5, 5.41) is 0. The Labute approximate surface area is 58.0 Å². The first-order chi connectivity index (χ1) is 4.88. The molecular weight excluding hydrogens is 130 g/mol. The van der Waals surface area contributed by atoms with E-state index in [-0.39, 0.29) is 0 Å². The molecule has 0 saturated heterocycles. The van der Waals surface area contributed by atoms with Crippen LogP contribution < -0.4 is 10.5 Å². The number of aromatic nitrogens is 2. The maximum absolute atomic E-state index is 5.54. The summed E-state index contributed by atoms with van der Waals surface area (Å²) in [5.41, 5.74) is 6.49. The second kappa shape index (κ2) is 1.83. The molecule has 0 amide bonds. The quantitative estimate of drug-likeness (QED) is 0.546. The van der Waals surface area contributed by atoms with Gasteiger partial charge in [0, 0.05) is 6.42 Å². The minimum absolute atomic E-state index is 0.544. The molecule has 2 N–H and O–H groups in total. The van der Waals surface area contributed by atoms with Crippen LogP contribution in [0, 0.1) is 0 Å². The van der Waals surface area contributed by atoms with Gasteiger partial charge in [0.05, 0.1) is 12.2 Å². The summed E-state index contributed by atoms with van der Waals surface area (Å²) >= 11 is 0. The first-order valence-corrected chi connectivity index (χ1v) is 3.10. The zero-order chi connectivity index (χ0) is 6.97. The Balaban J connectivity index is 2.59. The average molecular weight is 137 g/mol. The Morgan fingerprint density at radius 2 is 2.40 bits per heavy atom. The SMILES string of the molecule is Nc1ncnc2c1CCO2. The molecule has 4 heteroatoms. The molecule has 0 spiro atoms. The Bertz CT molecular complexity index is 261. The Kier molecular flexibility index (Phi) is 1.00. The van der Waals surface area contributed by atoms with Crippen molar-refractivity contribution >= 4 is 5.82 Å². The number of fused-ring (bicyclic) bond motifs is 1. The van der Waals surface area contributed by atoms with Crippen molar-refractivity contribution in [3.05, 3.63) is 11.9 Å². The summed E-state index contributed by atoms with van der Waals surface area (Å²) < 4.78 is 5.15. The molecule has 0 atom stereocenters. The van der Waals surface area contributed by atoms with E-state index in [0.717, 1.165) is 12.0 Å². The fourth-order valence-electron chi connectivity index (χ4n) is 1.02. The third kappa shape index (κ3) is 0.618. The molecule has 1 aliphatic rings. The van der Waals surface area contributed by atoms with Gasteiger partial charge in [-0.15, -0.1) is 0 Å². The number of ether oxygens (including phenoxy) is 1. The predicted octanol–water partition coefficient (Wildman–Crippen LogP) is -0.00630. The number of hydrogen-bond donors (Lipinski definition) is 1. The molecule has 4 nitrogen and oxygen atoms in total. The van der Waals surface area contributed by atoms with Gasteiger partial charge in [0.25, 0.3) is 0 Å². The highest BCUT2D eigenvalue weighted by molar-refractivity contribution is 5.46. The number of anilines is 1. The minimum Gasteiger partial charge on any atom is -0.477 e. The van der Waals surface area contributed by atoms with E-state index >= 15 is 0 Å². The summed E-state index contributed by atoms with van der Waals surface area (Å²) in [6, 6.07) is 0. The van der Waals surface area contributed by atoms with Crippen LogP contribution in [0.2, 0.25) is 0 Å². The zero-order valence-electron chi connectivity index (χ0n) is 5.37. The number of hydrogen-bond acceptors (Lipinski definition) is 4. The van der Waals surface area contributed by atoms with Crippen molar-refractivity contribution in [2.75, 3.05) is 12.3 Å². The summed E-state index contributed by atoms with van der Waals surface area (Å²) in [5.74, 6) is 1.19. The molecule has 0 fully saturated rings. The first-order valence-electron chi connectivity index (χ1n) is 3.10. The third-order valence-electron chi connectivity index (χ3n) is 1.53. The van der Waals surface area contributed by atoms with E-state index in [2.05, 4.69) is 9.97 Å². The van der Waals surface area contributed by atoms with Crippen LogP contribution in [0.3, 0.4) is 0 Å². The van der Waals surface area contributed by atoms with Crippen molar-refractivity contribution in [1.29, 1.82) is 0 Å². The molecule has 0 unspecified atom stereocenters. The first kappa shape index (κ1) is 5.46. The molecule has 10 heavy (non-hydrogen) atoms. The van der Waals surface area contributed by atoms with Crippen molar-refractivity contribution in [2.24, 2.45) is 0 Å². The minimum atomic E-state index is 0.544. The van der Waals surface area contributed by atoms with Gasteiger partial charge in [-0.05, 0) is 0 Å². The van der Waals surface area contributed by atoms with Gasteiger partial charge in [0.2, 0.25) is 5.88 Å². The van der Waals surface area contributed by atoms with E-state index in [1.807, 2.05) is 0 Å². The Morgan fingerprint density at radius 1 is 1.50 bits per heavy atom. The summed E-state index contributed by atoms with van der Waals surface area (Å²) in [4.78, 5) is 7.74. The highest BCUT2D eigenvalue weighted by atomic mass is 16.5. The van der Waals surface area contributed by atoms with Crippen molar-refractivity contribution in [3.63, 3.8) is 0 Å². The topological polar surface area (TPSA) is 61.0 Å². The molecule has 0 aliphatic carbocycles.